The molecular weight excluding hydrogens is 260 g/mol. The SMILES string of the molecule is CCOC(=O)C1(C)[C@H](c2ccccc2)[C@H]1c1ccccc1. The highest BCUT2D eigenvalue weighted by molar-refractivity contribution is 5.85. The Labute approximate surface area is 125 Å². The van der Waals surface area contributed by atoms with Crippen molar-refractivity contribution in [2.24, 2.45) is 5.41 Å². The number of hydrogen-bond donors (Lipinski definition) is 0. The fourth-order valence-corrected chi connectivity index (χ4v) is 3.45. The molecule has 2 atom stereocenters. The van der Waals surface area contributed by atoms with Gasteiger partial charge in [0.2, 0.25) is 0 Å². The lowest BCUT2D eigenvalue weighted by Crippen LogP contribution is -2.19. The van der Waals surface area contributed by atoms with E-state index < -0.39 is 5.41 Å². The Morgan fingerprint density at radius 3 is 1.76 bits per heavy atom. The van der Waals surface area contributed by atoms with Crippen LogP contribution in [0.3, 0.4) is 0 Å². The first-order valence-electron chi connectivity index (χ1n) is 7.46. The van der Waals surface area contributed by atoms with Gasteiger partial charge in [-0.25, -0.2) is 0 Å². The van der Waals surface area contributed by atoms with Crippen LogP contribution in [0.4, 0.5) is 0 Å². The van der Waals surface area contributed by atoms with E-state index in [0.29, 0.717) is 6.61 Å². The minimum absolute atomic E-state index is 0.0901. The van der Waals surface area contributed by atoms with Gasteiger partial charge in [-0.1, -0.05) is 60.7 Å². The molecule has 2 heteroatoms. The van der Waals surface area contributed by atoms with E-state index in [-0.39, 0.29) is 17.8 Å². The average molecular weight is 280 g/mol. The summed E-state index contributed by atoms with van der Waals surface area (Å²) in [4.78, 5) is 12.5. The first kappa shape index (κ1) is 13.9. The number of rotatable bonds is 4. The maximum Gasteiger partial charge on any atom is 0.313 e. The van der Waals surface area contributed by atoms with E-state index in [4.69, 9.17) is 4.74 Å². The molecule has 0 spiro atoms. The lowest BCUT2D eigenvalue weighted by molar-refractivity contribution is -0.149. The van der Waals surface area contributed by atoms with E-state index in [1.54, 1.807) is 0 Å². The molecule has 1 aliphatic rings. The summed E-state index contributed by atoms with van der Waals surface area (Å²) < 4.78 is 5.33. The van der Waals surface area contributed by atoms with Crippen molar-refractivity contribution in [3.8, 4) is 0 Å². The maximum atomic E-state index is 12.5. The second kappa shape index (κ2) is 5.36. The van der Waals surface area contributed by atoms with Crippen LogP contribution in [-0.4, -0.2) is 12.6 Å². The van der Waals surface area contributed by atoms with Gasteiger partial charge in [-0.2, -0.15) is 0 Å². The van der Waals surface area contributed by atoms with Gasteiger partial charge in [0, 0.05) is 11.8 Å². The van der Waals surface area contributed by atoms with Gasteiger partial charge in [0.25, 0.3) is 0 Å². The molecule has 2 nitrogen and oxygen atoms in total. The first-order valence-corrected chi connectivity index (χ1v) is 7.46. The van der Waals surface area contributed by atoms with Crippen LogP contribution in [-0.2, 0) is 9.53 Å². The quantitative estimate of drug-likeness (QED) is 0.787. The Kier molecular flexibility index (Phi) is 3.54. The fourth-order valence-electron chi connectivity index (χ4n) is 3.45. The average Bonchev–Trinajstić information content (AvgIpc) is 3.17. The molecule has 0 aliphatic heterocycles. The number of esters is 1. The van der Waals surface area contributed by atoms with Crippen LogP contribution in [0.5, 0.6) is 0 Å². The largest absolute Gasteiger partial charge is 0.466 e. The molecular formula is C19H20O2. The molecule has 0 bridgehead atoms. The summed E-state index contributed by atoms with van der Waals surface area (Å²) in [6, 6.07) is 20.5. The van der Waals surface area contributed by atoms with Crippen molar-refractivity contribution in [3.05, 3.63) is 71.8 Å². The van der Waals surface area contributed by atoms with E-state index in [0.717, 1.165) is 0 Å². The van der Waals surface area contributed by atoms with Gasteiger partial charge in [-0.15, -0.1) is 0 Å². The summed E-state index contributed by atoms with van der Waals surface area (Å²) in [7, 11) is 0. The van der Waals surface area contributed by atoms with Gasteiger partial charge in [0.1, 0.15) is 0 Å². The van der Waals surface area contributed by atoms with Crippen molar-refractivity contribution in [2.45, 2.75) is 25.7 Å². The molecule has 0 amide bonds. The number of hydrogen-bond acceptors (Lipinski definition) is 2. The van der Waals surface area contributed by atoms with E-state index in [1.807, 2.05) is 50.2 Å². The molecule has 0 heterocycles. The van der Waals surface area contributed by atoms with Gasteiger partial charge in [-0.05, 0) is 25.0 Å². The molecule has 0 unspecified atom stereocenters. The number of carbonyl (C=O) groups excluding carboxylic acids is 1. The Balaban J connectivity index is 1.99. The molecule has 21 heavy (non-hydrogen) atoms. The van der Waals surface area contributed by atoms with Crippen molar-refractivity contribution >= 4 is 5.97 Å². The third kappa shape index (κ3) is 2.25. The molecule has 1 saturated carbocycles. The minimum atomic E-state index is -0.460. The second-order valence-electron chi connectivity index (χ2n) is 5.78. The topological polar surface area (TPSA) is 26.3 Å². The van der Waals surface area contributed by atoms with E-state index in [2.05, 4.69) is 24.3 Å². The molecule has 0 saturated heterocycles. The van der Waals surface area contributed by atoms with Crippen molar-refractivity contribution in [1.82, 2.24) is 0 Å². The highest BCUT2D eigenvalue weighted by atomic mass is 16.5. The lowest BCUT2D eigenvalue weighted by Gasteiger charge is -2.11. The van der Waals surface area contributed by atoms with Crippen molar-refractivity contribution in [1.29, 1.82) is 0 Å². The van der Waals surface area contributed by atoms with Crippen LogP contribution in [0.25, 0.3) is 0 Å². The van der Waals surface area contributed by atoms with Crippen LogP contribution in [0.2, 0.25) is 0 Å². The summed E-state index contributed by atoms with van der Waals surface area (Å²) in [6.45, 7) is 4.32. The van der Waals surface area contributed by atoms with Gasteiger partial charge in [0.05, 0.1) is 12.0 Å². The molecule has 0 N–H and O–H groups in total. The zero-order chi connectivity index (χ0) is 14.9. The third-order valence-electron chi connectivity index (χ3n) is 4.55. The Morgan fingerprint density at radius 1 is 0.952 bits per heavy atom. The number of ether oxygens (including phenoxy) is 1. The number of carbonyl (C=O) groups is 1. The van der Waals surface area contributed by atoms with E-state index >= 15 is 0 Å². The minimum Gasteiger partial charge on any atom is -0.466 e. The summed E-state index contributed by atoms with van der Waals surface area (Å²) in [5.41, 5.74) is 1.96. The summed E-state index contributed by atoms with van der Waals surface area (Å²) in [5, 5.41) is 0. The highest BCUT2D eigenvalue weighted by Gasteiger charge is 2.67. The standard InChI is InChI=1S/C19H20O2/c1-3-21-18(20)19(2)16(14-10-6-4-7-11-14)17(19)15-12-8-5-9-13-15/h4-13,16-17H,3H2,1-2H3/t16-,17-/m1/s1. The van der Waals surface area contributed by atoms with Crippen LogP contribution in [0, 0.1) is 5.41 Å². The zero-order valence-electron chi connectivity index (χ0n) is 12.5. The molecule has 0 aromatic heterocycles. The van der Waals surface area contributed by atoms with Crippen LogP contribution in [0.1, 0.15) is 36.8 Å². The normalized spacial score (nSPS) is 27.1. The predicted molar refractivity (Wildman–Crippen MR) is 83.1 cm³/mol. The maximum absolute atomic E-state index is 12.5. The second-order valence-corrected chi connectivity index (χ2v) is 5.78. The smallest absolute Gasteiger partial charge is 0.313 e. The third-order valence-corrected chi connectivity index (χ3v) is 4.55. The van der Waals surface area contributed by atoms with Crippen LogP contribution >= 0.6 is 0 Å². The molecule has 3 rings (SSSR count). The van der Waals surface area contributed by atoms with Gasteiger partial charge in [0.15, 0.2) is 0 Å². The van der Waals surface area contributed by atoms with Crippen molar-refractivity contribution in [3.63, 3.8) is 0 Å². The predicted octanol–water partition coefficient (Wildman–Crippen LogP) is 4.14. The van der Waals surface area contributed by atoms with Gasteiger partial charge < -0.3 is 4.74 Å². The summed E-state index contributed by atoms with van der Waals surface area (Å²) in [6.07, 6.45) is 0. The zero-order valence-corrected chi connectivity index (χ0v) is 12.5. The highest BCUT2D eigenvalue weighted by Crippen LogP contribution is 2.70. The van der Waals surface area contributed by atoms with Crippen molar-refractivity contribution < 1.29 is 9.53 Å². The molecule has 1 aliphatic carbocycles. The lowest BCUT2D eigenvalue weighted by atomic mass is 10.0. The Morgan fingerprint density at radius 2 is 1.38 bits per heavy atom. The van der Waals surface area contributed by atoms with E-state index in [1.165, 1.54) is 11.1 Å². The summed E-state index contributed by atoms with van der Waals surface area (Å²) in [5.74, 6) is 0.299. The van der Waals surface area contributed by atoms with Gasteiger partial charge in [-0.3, -0.25) is 4.79 Å². The molecule has 2 aromatic carbocycles. The Hall–Kier alpha value is -2.09. The van der Waals surface area contributed by atoms with E-state index in [9.17, 15) is 4.79 Å². The van der Waals surface area contributed by atoms with Crippen LogP contribution in [0.15, 0.2) is 60.7 Å². The van der Waals surface area contributed by atoms with Crippen molar-refractivity contribution in [2.75, 3.05) is 6.61 Å². The Bertz CT molecular complexity index is 573. The van der Waals surface area contributed by atoms with Gasteiger partial charge >= 0.3 is 5.97 Å². The fraction of sp³-hybridized carbons (Fsp3) is 0.316. The van der Waals surface area contributed by atoms with Crippen LogP contribution < -0.4 is 0 Å². The first-order chi connectivity index (χ1) is 10.2. The summed E-state index contributed by atoms with van der Waals surface area (Å²) >= 11 is 0. The molecule has 2 aromatic rings. The molecule has 1 fully saturated rings. The molecule has 0 radical (unpaired) electrons. The monoisotopic (exact) mass is 280 g/mol. The number of benzene rings is 2. The molecule has 108 valence electrons.